The minimum atomic E-state index is -4.00. The Kier molecular flexibility index (Phi) is 11.8. The number of rotatable bonds is 11. The first-order chi connectivity index (χ1) is 18.8. The van der Waals surface area contributed by atoms with Crippen LogP contribution in [-0.2, 0) is 35.1 Å². The normalized spacial score (nSPS) is 16.8. The van der Waals surface area contributed by atoms with E-state index in [4.69, 9.17) is 18.9 Å². The highest BCUT2D eigenvalue weighted by molar-refractivity contribution is 8.10. The Morgan fingerprint density at radius 3 is 1.77 bits per heavy atom. The van der Waals surface area contributed by atoms with Gasteiger partial charge in [-0.1, -0.05) is 12.1 Å². The minimum Gasteiger partial charge on any atom is -0.493 e. The number of hydrogen-bond donors (Lipinski definition) is 0. The summed E-state index contributed by atoms with van der Waals surface area (Å²) in [4.78, 5) is 11.5. The number of benzene rings is 2. The molecule has 0 amide bonds. The summed E-state index contributed by atoms with van der Waals surface area (Å²) in [6.45, 7) is 4.12. The second kappa shape index (κ2) is 14.2. The Morgan fingerprint density at radius 2 is 1.27 bits per heavy atom. The maximum absolute atomic E-state index is 13.5. The van der Waals surface area contributed by atoms with Gasteiger partial charge in [0.1, 0.15) is 5.78 Å². The number of ether oxygens (including phenoxy) is 4. The molecular weight excluding hydrogens is 558 g/mol. The van der Waals surface area contributed by atoms with Gasteiger partial charge in [-0.2, -0.15) is 0 Å². The van der Waals surface area contributed by atoms with Crippen molar-refractivity contribution in [1.82, 2.24) is 4.90 Å². The van der Waals surface area contributed by atoms with Crippen LogP contribution >= 0.6 is 0 Å². The van der Waals surface area contributed by atoms with E-state index in [-0.39, 0.29) is 41.4 Å². The summed E-state index contributed by atoms with van der Waals surface area (Å²) < 4.78 is 73.2. The van der Waals surface area contributed by atoms with Gasteiger partial charge in [0.2, 0.25) is 0 Å². The van der Waals surface area contributed by atoms with Crippen LogP contribution in [0.5, 0.6) is 23.0 Å². The fraction of sp³-hybridized carbons (Fsp3) is 0.536. The molecule has 1 heterocycles. The molecule has 1 aliphatic rings. The summed E-state index contributed by atoms with van der Waals surface area (Å²) >= 11 is 0. The second-order valence-electron chi connectivity index (χ2n) is 9.75. The Balaban J connectivity index is 0.00000131. The highest BCUT2D eigenvalue weighted by Crippen LogP contribution is 2.47. The van der Waals surface area contributed by atoms with E-state index >= 15 is 0 Å². The molecule has 224 valence electrons. The number of sulfone groups is 2. The second-order valence-corrected chi connectivity index (χ2v) is 14.7. The van der Waals surface area contributed by atoms with Crippen molar-refractivity contribution in [1.29, 1.82) is 0 Å². The third kappa shape index (κ3) is 7.46. The molecule has 0 spiro atoms. The first kappa shape index (κ1) is 33.4. The van der Waals surface area contributed by atoms with Gasteiger partial charge in [-0.25, -0.2) is 16.8 Å². The molecule has 0 atom stereocenters. The van der Waals surface area contributed by atoms with Gasteiger partial charge in [0.05, 0.1) is 39.9 Å². The van der Waals surface area contributed by atoms with Gasteiger partial charge < -0.3 is 28.6 Å². The van der Waals surface area contributed by atoms with Crippen LogP contribution in [0.2, 0.25) is 0 Å². The predicted octanol–water partition coefficient (Wildman–Crippen LogP) is 3.61. The number of nitrogens with zero attached hydrogens (tertiary/aromatic N) is 1. The average Bonchev–Trinajstić information content (AvgIpc) is 2.89. The van der Waals surface area contributed by atoms with Gasteiger partial charge in [0.15, 0.2) is 46.8 Å². The molecular formula is C28H41NO9S2. The summed E-state index contributed by atoms with van der Waals surface area (Å²) in [5, 5.41) is 0. The van der Waals surface area contributed by atoms with Crippen LogP contribution in [-0.4, -0.2) is 81.1 Å². The molecule has 0 N–H and O–H groups in total. The van der Waals surface area contributed by atoms with Crippen LogP contribution in [0.25, 0.3) is 0 Å². The molecule has 1 fully saturated rings. The minimum absolute atomic E-state index is 0.0522. The molecule has 0 saturated carbocycles. The van der Waals surface area contributed by atoms with Crippen molar-refractivity contribution in [3.8, 4) is 23.0 Å². The van der Waals surface area contributed by atoms with E-state index in [9.17, 15) is 21.6 Å². The van der Waals surface area contributed by atoms with Crippen molar-refractivity contribution in [2.24, 2.45) is 0 Å². The van der Waals surface area contributed by atoms with Gasteiger partial charge in [-0.05, 0) is 82.1 Å². The fourth-order valence-corrected chi connectivity index (χ4v) is 10.6. The summed E-state index contributed by atoms with van der Waals surface area (Å²) in [7, 11) is -0.0402. The third-order valence-corrected chi connectivity index (χ3v) is 12.7. The van der Waals surface area contributed by atoms with Crippen molar-refractivity contribution in [3.63, 3.8) is 0 Å². The summed E-state index contributed by atoms with van der Waals surface area (Å²) in [6, 6.07) is 10.2. The molecule has 0 radical (unpaired) electrons. The van der Waals surface area contributed by atoms with Crippen molar-refractivity contribution in [2.75, 3.05) is 53.5 Å². The topological polar surface area (TPSA) is 126 Å². The van der Waals surface area contributed by atoms with Gasteiger partial charge >= 0.3 is 0 Å². The number of hydrogen-bond acceptors (Lipinski definition) is 10. The third-order valence-electron chi connectivity index (χ3n) is 6.60. The monoisotopic (exact) mass is 599 g/mol. The lowest BCUT2D eigenvalue weighted by molar-refractivity contribution is -0.115. The van der Waals surface area contributed by atoms with E-state index in [0.717, 1.165) is 5.56 Å². The van der Waals surface area contributed by atoms with Crippen LogP contribution in [0, 0.1) is 0 Å². The van der Waals surface area contributed by atoms with Crippen molar-refractivity contribution < 1.29 is 40.6 Å². The fourth-order valence-electron chi connectivity index (χ4n) is 4.80. The highest BCUT2D eigenvalue weighted by Gasteiger charge is 2.57. The first-order valence-electron chi connectivity index (χ1n) is 12.8. The quantitative estimate of drug-likeness (QED) is 0.378. The van der Waals surface area contributed by atoms with Gasteiger partial charge in [0.25, 0.3) is 0 Å². The number of ketones is 1. The van der Waals surface area contributed by atoms with Gasteiger partial charge in [-0.3, -0.25) is 0 Å². The number of carbonyl (C=O) groups is 1. The maximum atomic E-state index is 13.5. The first-order valence-corrected chi connectivity index (χ1v) is 16.1. The highest BCUT2D eigenvalue weighted by atomic mass is 32.3. The molecule has 12 heteroatoms. The van der Waals surface area contributed by atoms with Crippen LogP contribution < -0.4 is 18.9 Å². The zero-order valence-electron chi connectivity index (χ0n) is 24.4. The summed E-state index contributed by atoms with van der Waals surface area (Å²) in [6.07, 6.45) is 0.402. The van der Waals surface area contributed by atoms with Crippen molar-refractivity contribution in [2.45, 2.75) is 43.7 Å². The Morgan fingerprint density at radius 1 is 0.800 bits per heavy atom. The van der Waals surface area contributed by atoms with Gasteiger partial charge in [0, 0.05) is 6.54 Å². The average molecular weight is 600 g/mol. The molecule has 40 heavy (non-hydrogen) atoms. The molecule has 3 rings (SSSR count). The Bertz CT molecular complexity index is 1330. The van der Waals surface area contributed by atoms with Crippen LogP contribution in [0.1, 0.15) is 44.2 Å². The van der Waals surface area contributed by atoms with Crippen LogP contribution in [0.4, 0.5) is 0 Å². The predicted molar refractivity (Wildman–Crippen MR) is 155 cm³/mol. The van der Waals surface area contributed by atoms with Crippen molar-refractivity contribution in [3.05, 3.63) is 47.5 Å². The molecule has 0 aromatic heterocycles. The number of methoxy groups -OCH3 is 4. The maximum Gasteiger partial charge on any atom is 0.198 e. The van der Waals surface area contributed by atoms with E-state index in [1.54, 1.807) is 20.3 Å². The lowest BCUT2D eigenvalue weighted by Crippen LogP contribution is -2.50. The van der Waals surface area contributed by atoms with Crippen molar-refractivity contribution >= 4 is 25.5 Å². The van der Waals surface area contributed by atoms with Crippen LogP contribution in [0.3, 0.4) is 0 Å². The van der Waals surface area contributed by atoms with E-state index in [0.29, 0.717) is 36.8 Å². The zero-order chi connectivity index (χ0) is 30.1. The van der Waals surface area contributed by atoms with E-state index in [1.807, 2.05) is 30.1 Å². The molecule has 0 bridgehead atoms. The van der Waals surface area contributed by atoms with Gasteiger partial charge in [-0.15, -0.1) is 0 Å². The molecule has 2 aromatic carbocycles. The number of Topliss-reactive ketones (excluding diaryl/α,β-unsaturated/α-hetero) is 1. The summed E-state index contributed by atoms with van der Waals surface area (Å²) in [5.41, 5.74) is 1.19. The smallest absolute Gasteiger partial charge is 0.198 e. The largest absolute Gasteiger partial charge is 0.493 e. The standard InChI is InChI=1S/C25H35NO8S2.C3H6O/c1-26(18-19-8-10-21(31-2)23(16-19)33-4)13-6-12-25(35(27,28)14-7-15-36(25,29)30)20-9-11-22(32-3)24(17-20)34-5;1-3(2)4/h8-11,16-17H,6-7,12-15,18H2,1-5H3;1-2H3. The molecule has 1 saturated heterocycles. The zero-order valence-corrected chi connectivity index (χ0v) is 26.0. The Labute approximate surface area is 238 Å². The Hall–Kier alpha value is -2.83. The molecule has 1 aliphatic heterocycles. The summed E-state index contributed by atoms with van der Waals surface area (Å²) in [5.74, 6) is 1.75. The van der Waals surface area contributed by atoms with E-state index in [1.165, 1.54) is 40.2 Å². The molecule has 0 aliphatic carbocycles. The molecule has 10 nitrogen and oxygen atoms in total. The van der Waals surface area contributed by atoms with Crippen LogP contribution in [0.15, 0.2) is 36.4 Å². The molecule has 0 unspecified atom stereocenters. The molecule has 2 aromatic rings. The van der Waals surface area contributed by atoms with E-state index < -0.39 is 23.8 Å². The lowest BCUT2D eigenvalue weighted by Gasteiger charge is -2.37. The number of carbonyl (C=O) groups excluding carboxylic acids is 1. The SMILES string of the molecule is CC(C)=O.COc1ccc(CN(C)CCCC2(c3ccc(OC)c(OC)c3)S(=O)(=O)CCCS2(=O)=O)cc1OC. The lowest BCUT2D eigenvalue weighted by atomic mass is 10.1. The van der Waals surface area contributed by atoms with E-state index in [2.05, 4.69) is 0 Å².